The van der Waals surface area contributed by atoms with Crippen LogP contribution in [0.3, 0.4) is 0 Å². The van der Waals surface area contributed by atoms with Crippen LogP contribution in [0.5, 0.6) is 6.01 Å². The molecule has 7 heteroatoms. The van der Waals surface area contributed by atoms with Crippen LogP contribution in [0.15, 0.2) is 0 Å². The van der Waals surface area contributed by atoms with Crippen molar-refractivity contribution >= 4 is 11.9 Å². The third-order valence-electron chi connectivity index (χ3n) is 3.49. The molecule has 1 aromatic rings. The van der Waals surface area contributed by atoms with Crippen LogP contribution in [-0.4, -0.2) is 52.6 Å². The van der Waals surface area contributed by atoms with Crippen LogP contribution in [0.25, 0.3) is 0 Å². The Hall–Kier alpha value is -1.63. The zero-order valence-corrected chi connectivity index (χ0v) is 12.5. The molecule has 7 nitrogen and oxygen atoms in total. The Bertz CT molecular complexity index is 441. The number of aromatic nitrogens is 3. The third-order valence-corrected chi connectivity index (χ3v) is 3.49. The van der Waals surface area contributed by atoms with Gasteiger partial charge in [0.1, 0.15) is 0 Å². The molecule has 0 saturated carbocycles. The quantitative estimate of drug-likeness (QED) is 0.831. The van der Waals surface area contributed by atoms with Gasteiger partial charge in [0.25, 0.3) is 0 Å². The van der Waals surface area contributed by atoms with Gasteiger partial charge >= 0.3 is 6.01 Å². The number of ether oxygens (including phenoxy) is 1. The van der Waals surface area contributed by atoms with Crippen molar-refractivity contribution in [2.24, 2.45) is 5.92 Å². The van der Waals surface area contributed by atoms with Crippen molar-refractivity contribution in [3.63, 3.8) is 0 Å². The summed E-state index contributed by atoms with van der Waals surface area (Å²) in [4.78, 5) is 14.7. The molecular weight excluding hydrogens is 256 g/mol. The summed E-state index contributed by atoms with van der Waals surface area (Å²) in [5.74, 6) is 1.23. The summed E-state index contributed by atoms with van der Waals surface area (Å²) in [7, 11) is 2.14. The van der Waals surface area contributed by atoms with E-state index in [0.29, 0.717) is 30.5 Å². The Balaban J connectivity index is 2.03. The molecule has 2 unspecified atom stereocenters. The van der Waals surface area contributed by atoms with Gasteiger partial charge in [-0.1, -0.05) is 13.8 Å². The zero-order valence-electron chi connectivity index (χ0n) is 12.5. The maximum Gasteiger partial charge on any atom is 0.323 e. The lowest BCUT2D eigenvalue weighted by Crippen LogP contribution is -2.43. The first-order valence-electron chi connectivity index (χ1n) is 7.18. The van der Waals surface area contributed by atoms with Crippen molar-refractivity contribution in [3.8, 4) is 6.01 Å². The second-order valence-electron chi connectivity index (χ2n) is 5.43. The summed E-state index contributed by atoms with van der Waals surface area (Å²) in [5.41, 5.74) is 5.70. The van der Waals surface area contributed by atoms with Gasteiger partial charge in [0.2, 0.25) is 11.9 Å². The Labute approximate surface area is 119 Å². The Morgan fingerprint density at radius 3 is 2.90 bits per heavy atom. The number of piperidine rings is 1. The SMILES string of the molecule is CCCOc1nc(N)nc(NC2CCN(C)CC2C)n1. The minimum atomic E-state index is 0.189. The van der Waals surface area contributed by atoms with Gasteiger partial charge in [-0.2, -0.15) is 15.0 Å². The van der Waals surface area contributed by atoms with E-state index in [1.807, 2.05) is 6.92 Å². The number of nitrogens with zero attached hydrogens (tertiary/aromatic N) is 4. The molecule has 1 aromatic heterocycles. The number of nitrogens with one attached hydrogen (secondary N) is 1. The second kappa shape index (κ2) is 6.69. The van der Waals surface area contributed by atoms with E-state index in [9.17, 15) is 0 Å². The molecule has 1 aliphatic heterocycles. The summed E-state index contributed by atoms with van der Waals surface area (Å²) < 4.78 is 5.42. The van der Waals surface area contributed by atoms with E-state index in [-0.39, 0.29) is 5.95 Å². The first-order valence-corrected chi connectivity index (χ1v) is 7.18. The number of rotatable bonds is 5. The minimum absolute atomic E-state index is 0.189. The summed E-state index contributed by atoms with van der Waals surface area (Å²) in [6.45, 7) is 6.98. The van der Waals surface area contributed by atoms with Crippen molar-refractivity contribution in [1.82, 2.24) is 19.9 Å². The molecule has 1 aliphatic rings. The van der Waals surface area contributed by atoms with Crippen molar-refractivity contribution in [3.05, 3.63) is 0 Å². The van der Waals surface area contributed by atoms with Gasteiger partial charge in [-0.25, -0.2) is 0 Å². The highest BCUT2D eigenvalue weighted by atomic mass is 16.5. The Kier molecular flexibility index (Phi) is 4.94. The highest BCUT2D eigenvalue weighted by Gasteiger charge is 2.25. The van der Waals surface area contributed by atoms with Crippen molar-refractivity contribution in [1.29, 1.82) is 0 Å². The Morgan fingerprint density at radius 1 is 1.40 bits per heavy atom. The molecule has 2 heterocycles. The van der Waals surface area contributed by atoms with E-state index in [1.165, 1.54) is 0 Å². The highest BCUT2D eigenvalue weighted by Crippen LogP contribution is 2.19. The van der Waals surface area contributed by atoms with E-state index in [0.717, 1.165) is 25.9 Å². The van der Waals surface area contributed by atoms with Crippen LogP contribution in [0, 0.1) is 5.92 Å². The average molecular weight is 280 g/mol. The van der Waals surface area contributed by atoms with E-state index in [1.54, 1.807) is 0 Å². The maximum absolute atomic E-state index is 5.70. The molecule has 1 fully saturated rings. The third kappa shape index (κ3) is 3.93. The number of nitrogens with two attached hydrogens (primary N) is 1. The highest BCUT2D eigenvalue weighted by molar-refractivity contribution is 5.33. The average Bonchev–Trinajstić information content (AvgIpc) is 2.39. The van der Waals surface area contributed by atoms with Crippen LogP contribution in [0.4, 0.5) is 11.9 Å². The first kappa shape index (κ1) is 14.8. The van der Waals surface area contributed by atoms with Crippen LogP contribution in [-0.2, 0) is 0 Å². The molecule has 0 aromatic carbocycles. The predicted molar refractivity (Wildman–Crippen MR) is 78.7 cm³/mol. The predicted octanol–water partition coefficient (Wildman–Crippen LogP) is 0.995. The number of nitrogen functional groups attached to an aromatic ring is 1. The fourth-order valence-corrected chi connectivity index (χ4v) is 2.43. The molecule has 1 saturated heterocycles. The standard InChI is InChI=1S/C13H24N6O/c1-4-7-20-13-17-11(14)16-12(18-13)15-10-5-6-19(3)8-9(10)2/h9-10H,4-8H2,1-3H3,(H3,14,15,16,17,18). The lowest BCUT2D eigenvalue weighted by Gasteiger charge is -2.35. The molecule has 112 valence electrons. The van der Waals surface area contributed by atoms with Gasteiger partial charge < -0.3 is 20.7 Å². The molecule has 0 bridgehead atoms. The molecule has 3 N–H and O–H groups in total. The van der Waals surface area contributed by atoms with E-state index in [4.69, 9.17) is 10.5 Å². The van der Waals surface area contributed by atoms with Crippen LogP contribution in [0.2, 0.25) is 0 Å². The van der Waals surface area contributed by atoms with Crippen LogP contribution < -0.4 is 15.8 Å². The smallest absolute Gasteiger partial charge is 0.323 e. The largest absolute Gasteiger partial charge is 0.463 e. The molecule has 0 spiro atoms. The van der Waals surface area contributed by atoms with Crippen molar-refractivity contribution in [2.45, 2.75) is 32.7 Å². The van der Waals surface area contributed by atoms with Crippen molar-refractivity contribution < 1.29 is 4.74 Å². The topological polar surface area (TPSA) is 89.2 Å². The summed E-state index contributed by atoms with van der Waals surface area (Å²) in [6.07, 6.45) is 1.97. The first-order chi connectivity index (χ1) is 9.58. The van der Waals surface area contributed by atoms with Gasteiger partial charge in [0.05, 0.1) is 6.61 Å². The molecular formula is C13H24N6O. The fraction of sp³-hybridized carbons (Fsp3) is 0.769. The number of likely N-dealkylation sites (tertiary alicyclic amines) is 1. The normalized spacial score (nSPS) is 23.6. The van der Waals surface area contributed by atoms with E-state index >= 15 is 0 Å². The van der Waals surface area contributed by atoms with Crippen molar-refractivity contribution in [2.75, 3.05) is 37.8 Å². The zero-order chi connectivity index (χ0) is 14.5. The summed E-state index contributed by atoms with van der Waals surface area (Å²) >= 11 is 0. The minimum Gasteiger partial charge on any atom is -0.463 e. The summed E-state index contributed by atoms with van der Waals surface area (Å²) in [6, 6.07) is 0.648. The molecule has 2 atom stereocenters. The maximum atomic E-state index is 5.70. The van der Waals surface area contributed by atoms with Gasteiger partial charge in [0, 0.05) is 12.6 Å². The van der Waals surface area contributed by atoms with Gasteiger partial charge in [-0.3, -0.25) is 0 Å². The monoisotopic (exact) mass is 280 g/mol. The van der Waals surface area contributed by atoms with Gasteiger partial charge in [-0.05, 0) is 32.4 Å². The molecule has 0 amide bonds. The lowest BCUT2D eigenvalue weighted by atomic mass is 9.94. The fourth-order valence-electron chi connectivity index (χ4n) is 2.43. The summed E-state index contributed by atoms with van der Waals surface area (Å²) in [5, 5.41) is 3.36. The Morgan fingerprint density at radius 2 is 2.20 bits per heavy atom. The van der Waals surface area contributed by atoms with E-state index in [2.05, 4.69) is 39.1 Å². The molecule has 0 radical (unpaired) electrons. The van der Waals surface area contributed by atoms with Gasteiger partial charge in [0.15, 0.2) is 0 Å². The number of hydrogen-bond donors (Lipinski definition) is 2. The molecule has 20 heavy (non-hydrogen) atoms. The lowest BCUT2D eigenvalue weighted by molar-refractivity contribution is 0.205. The van der Waals surface area contributed by atoms with Gasteiger partial charge in [-0.15, -0.1) is 0 Å². The molecule has 0 aliphatic carbocycles. The van der Waals surface area contributed by atoms with Crippen LogP contribution >= 0.6 is 0 Å². The second-order valence-corrected chi connectivity index (χ2v) is 5.43. The number of anilines is 2. The molecule has 2 rings (SSSR count). The van der Waals surface area contributed by atoms with E-state index < -0.39 is 0 Å². The van der Waals surface area contributed by atoms with Crippen LogP contribution in [0.1, 0.15) is 26.7 Å². The number of hydrogen-bond acceptors (Lipinski definition) is 7.